The molecule has 0 radical (unpaired) electrons. The van der Waals surface area contributed by atoms with Crippen LogP contribution in [0.15, 0.2) is 0 Å². The van der Waals surface area contributed by atoms with E-state index in [1.807, 2.05) is 0 Å². The Morgan fingerprint density at radius 3 is 3.00 bits per heavy atom. The molecule has 0 aromatic carbocycles. The van der Waals surface area contributed by atoms with Crippen LogP contribution >= 0.6 is 0 Å². The van der Waals surface area contributed by atoms with Gasteiger partial charge in [0.2, 0.25) is 0 Å². The average molecular weight is 267 g/mol. The first-order valence-electron chi connectivity index (χ1n) is 8.17. The molecule has 110 valence electrons. The molecular formula is C15H29N3O. The van der Waals surface area contributed by atoms with E-state index in [4.69, 9.17) is 4.74 Å². The smallest absolute Gasteiger partial charge is 0.0507 e. The maximum Gasteiger partial charge on any atom is 0.0507 e. The van der Waals surface area contributed by atoms with E-state index >= 15 is 0 Å². The molecule has 3 fully saturated rings. The van der Waals surface area contributed by atoms with Gasteiger partial charge in [-0.2, -0.15) is 0 Å². The highest BCUT2D eigenvalue weighted by Crippen LogP contribution is 2.20. The molecule has 0 aliphatic carbocycles. The minimum absolute atomic E-state index is 0.759. The van der Waals surface area contributed by atoms with Crippen molar-refractivity contribution < 1.29 is 4.74 Å². The molecule has 0 aromatic heterocycles. The summed E-state index contributed by atoms with van der Waals surface area (Å²) in [5, 5.41) is 3.61. The molecule has 0 saturated carbocycles. The molecule has 19 heavy (non-hydrogen) atoms. The number of rotatable bonds is 5. The molecule has 0 bridgehead atoms. The number of hydrogen-bond acceptors (Lipinski definition) is 4. The molecular weight excluding hydrogens is 238 g/mol. The zero-order chi connectivity index (χ0) is 12.9. The molecule has 2 unspecified atom stereocenters. The first-order chi connectivity index (χ1) is 9.42. The SMILES string of the molecule is C1CCN2CCN(CCNCC3CCOC3)CC2C1. The van der Waals surface area contributed by atoms with E-state index < -0.39 is 0 Å². The van der Waals surface area contributed by atoms with E-state index in [0.29, 0.717) is 0 Å². The Kier molecular flexibility index (Phi) is 5.10. The molecule has 3 aliphatic rings. The van der Waals surface area contributed by atoms with Crippen LogP contribution in [-0.4, -0.2) is 74.9 Å². The van der Waals surface area contributed by atoms with E-state index in [-0.39, 0.29) is 0 Å². The largest absolute Gasteiger partial charge is 0.381 e. The Hall–Kier alpha value is -0.160. The molecule has 4 nitrogen and oxygen atoms in total. The fraction of sp³-hybridized carbons (Fsp3) is 1.00. The van der Waals surface area contributed by atoms with Crippen LogP contribution in [0.3, 0.4) is 0 Å². The van der Waals surface area contributed by atoms with Crippen LogP contribution < -0.4 is 5.32 Å². The Morgan fingerprint density at radius 2 is 2.11 bits per heavy atom. The van der Waals surface area contributed by atoms with Crippen molar-refractivity contribution in [2.75, 3.05) is 59.0 Å². The fourth-order valence-corrected chi connectivity index (χ4v) is 3.71. The third-order valence-electron chi connectivity index (χ3n) is 4.98. The van der Waals surface area contributed by atoms with Gasteiger partial charge < -0.3 is 10.1 Å². The van der Waals surface area contributed by atoms with Gasteiger partial charge in [-0.05, 0) is 31.7 Å². The first kappa shape index (κ1) is 13.8. The molecule has 3 heterocycles. The normalized spacial score (nSPS) is 33.5. The second kappa shape index (κ2) is 7.02. The van der Waals surface area contributed by atoms with Crippen LogP contribution in [0.2, 0.25) is 0 Å². The summed E-state index contributed by atoms with van der Waals surface area (Å²) in [4.78, 5) is 5.37. The predicted octanol–water partition coefficient (Wildman–Crippen LogP) is 0.783. The van der Waals surface area contributed by atoms with Gasteiger partial charge in [0.05, 0.1) is 6.61 Å². The zero-order valence-corrected chi connectivity index (χ0v) is 12.1. The van der Waals surface area contributed by atoms with Crippen molar-refractivity contribution in [1.82, 2.24) is 15.1 Å². The maximum atomic E-state index is 5.41. The number of fused-ring (bicyclic) bond motifs is 1. The van der Waals surface area contributed by atoms with Gasteiger partial charge in [0.25, 0.3) is 0 Å². The molecule has 1 N–H and O–H groups in total. The summed E-state index contributed by atoms with van der Waals surface area (Å²) in [6.07, 6.45) is 5.52. The van der Waals surface area contributed by atoms with Crippen LogP contribution in [0.1, 0.15) is 25.7 Å². The summed E-state index contributed by atoms with van der Waals surface area (Å²) >= 11 is 0. The van der Waals surface area contributed by atoms with E-state index in [9.17, 15) is 0 Å². The van der Waals surface area contributed by atoms with Gasteiger partial charge in [-0.25, -0.2) is 0 Å². The van der Waals surface area contributed by atoms with Gasteiger partial charge >= 0.3 is 0 Å². The minimum Gasteiger partial charge on any atom is -0.381 e. The standard InChI is InChI=1S/C15H29N3O/c1-2-6-18-9-8-17(12-15(18)3-1)7-5-16-11-14-4-10-19-13-14/h14-16H,1-13H2. The van der Waals surface area contributed by atoms with Crippen LogP contribution in [0, 0.1) is 5.92 Å². The monoisotopic (exact) mass is 267 g/mol. The molecule has 2 atom stereocenters. The van der Waals surface area contributed by atoms with Crippen molar-refractivity contribution in [3.8, 4) is 0 Å². The quantitative estimate of drug-likeness (QED) is 0.745. The van der Waals surface area contributed by atoms with Crippen molar-refractivity contribution in [2.45, 2.75) is 31.7 Å². The van der Waals surface area contributed by atoms with Gasteiger partial charge in [-0.15, -0.1) is 0 Å². The molecule has 0 aromatic rings. The highest BCUT2D eigenvalue weighted by molar-refractivity contribution is 4.85. The molecule has 0 spiro atoms. The first-order valence-corrected chi connectivity index (χ1v) is 8.17. The lowest BCUT2D eigenvalue weighted by Crippen LogP contribution is -2.55. The number of hydrogen-bond donors (Lipinski definition) is 1. The summed E-state index contributed by atoms with van der Waals surface area (Å²) in [6.45, 7) is 10.6. The summed E-state index contributed by atoms with van der Waals surface area (Å²) < 4.78 is 5.41. The van der Waals surface area contributed by atoms with Gasteiger partial charge in [0.15, 0.2) is 0 Å². The average Bonchev–Trinajstić information content (AvgIpc) is 2.97. The second-order valence-electron chi connectivity index (χ2n) is 6.42. The van der Waals surface area contributed by atoms with Gasteiger partial charge in [-0.1, -0.05) is 6.42 Å². The Morgan fingerprint density at radius 1 is 1.11 bits per heavy atom. The minimum atomic E-state index is 0.759. The van der Waals surface area contributed by atoms with E-state index in [1.54, 1.807) is 0 Å². The van der Waals surface area contributed by atoms with Crippen LogP contribution in [0.5, 0.6) is 0 Å². The van der Waals surface area contributed by atoms with Gasteiger partial charge in [-0.3, -0.25) is 9.80 Å². The molecule has 4 heteroatoms. The van der Waals surface area contributed by atoms with E-state index in [2.05, 4.69) is 15.1 Å². The highest BCUT2D eigenvalue weighted by atomic mass is 16.5. The number of piperidine rings is 1. The molecule has 3 rings (SSSR count). The lowest BCUT2D eigenvalue weighted by atomic mass is 9.99. The number of piperazine rings is 1. The zero-order valence-electron chi connectivity index (χ0n) is 12.1. The number of nitrogens with one attached hydrogen (secondary N) is 1. The third-order valence-corrected chi connectivity index (χ3v) is 4.98. The second-order valence-corrected chi connectivity index (χ2v) is 6.42. The van der Waals surface area contributed by atoms with E-state index in [1.165, 1.54) is 58.4 Å². The lowest BCUT2D eigenvalue weighted by molar-refractivity contribution is 0.0499. The van der Waals surface area contributed by atoms with Crippen molar-refractivity contribution >= 4 is 0 Å². The molecule has 0 amide bonds. The van der Waals surface area contributed by atoms with Crippen molar-refractivity contribution in [2.24, 2.45) is 5.92 Å². The Bertz CT molecular complexity index is 268. The summed E-state index contributed by atoms with van der Waals surface area (Å²) in [7, 11) is 0. The summed E-state index contributed by atoms with van der Waals surface area (Å²) in [6, 6.07) is 0.853. The van der Waals surface area contributed by atoms with Gasteiger partial charge in [0.1, 0.15) is 0 Å². The number of ether oxygens (including phenoxy) is 1. The van der Waals surface area contributed by atoms with Gasteiger partial charge in [0, 0.05) is 51.9 Å². The summed E-state index contributed by atoms with van der Waals surface area (Å²) in [5.74, 6) is 0.759. The topological polar surface area (TPSA) is 27.7 Å². The number of nitrogens with zero attached hydrogens (tertiary/aromatic N) is 2. The molecule has 3 saturated heterocycles. The molecule has 3 aliphatic heterocycles. The summed E-state index contributed by atoms with van der Waals surface area (Å²) in [5.41, 5.74) is 0. The van der Waals surface area contributed by atoms with Crippen LogP contribution in [-0.2, 0) is 4.74 Å². The highest BCUT2D eigenvalue weighted by Gasteiger charge is 2.28. The van der Waals surface area contributed by atoms with Crippen molar-refractivity contribution in [1.29, 1.82) is 0 Å². The van der Waals surface area contributed by atoms with Crippen molar-refractivity contribution in [3.63, 3.8) is 0 Å². The lowest BCUT2D eigenvalue weighted by Gasteiger charge is -2.44. The fourth-order valence-electron chi connectivity index (χ4n) is 3.71. The van der Waals surface area contributed by atoms with Crippen LogP contribution in [0.25, 0.3) is 0 Å². The predicted molar refractivity (Wildman–Crippen MR) is 77.4 cm³/mol. The maximum absolute atomic E-state index is 5.41. The van der Waals surface area contributed by atoms with Crippen molar-refractivity contribution in [3.05, 3.63) is 0 Å². The third kappa shape index (κ3) is 3.91. The van der Waals surface area contributed by atoms with E-state index in [0.717, 1.165) is 38.3 Å². The Labute approximate surface area is 117 Å². The Balaban J connectivity index is 1.30. The van der Waals surface area contributed by atoms with Crippen LogP contribution in [0.4, 0.5) is 0 Å².